The van der Waals surface area contributed by atoms with Gasteiger partial charge in [0.05, 0.1) is 17.6 Å². The van der Waals surface area contributed by atoms with Gasteiger partial charge in [0.25, 0.3) is 0 Å². The Morgan fingerprint density at radius 2 is 1.58 bits per heavy atom. The Bertz CT molecular complexity index is 1210. The van der Waals surface area contributed by atoms with E-state index in [4.69, 9.17) is 14.5 Å². The highest BCUT2D eigenvalue weighted by Crippen LogP contribution is 2.27. The van der Waals surface area contributed by atoms with E-state index < -0.39 is 6.10 Å². The van der Waals surface area contributed by atoms with Gasteiger partial charge in [0, 0.05) is 0 Å². The van der Waals surface area contributed by atoms with E-state index in [1.165, 1.54) is 0 Å². The zero-order chi connectivity index (χ0) is 23.4. The summed E-state index contributed by atoms with van der Waals surface area (Å²) in [7, 11) is 0. The number of benzene rings is 3. The number of hydrogen-bond donors (Lipinski definition) is 1. The molecule has 1 N–H and O–H groups in total. The van der Waals surface area contributed by atoms with Crippen molar-refractivity contribution < 1.29 is 14.6 Å². The minimum atomic E-state index is -0.693. The van der Waals surface area contributed by atoms with Crippen LogP contribution in [0.4, 0.5) is 0 Å². The van der Waals surface area contributed by atoms with Crippen LogP contribution in [-0.4, -0.2) is 27.4 Å². The second-order valence-electron chi connectivity index (χ2n) is 8.79. The maximum absolute atomic E-state index is 10.9. The Kier molecular flexibility index (Phi) is 6.99. The lowest BCUT2D eigenvalue weighted by atomic mass is 10.0. The highest BCUT2D eigenvalue weighted by atomic mass is 16.5. The lowest BCUT2D eigenvalue weighted by molar-refractivity contribution is 0.0911. The molecule has 0 amide bonds. The lowest BCUT2D eigenvalue weighted by Crippen LogP contribution is -2.25. The Hall–Kier alpha value is -3.31. The van der Waals surface area contributed by atoms with Gasteiger partial charge in [-0.3, -0.25) is 0 Å². The molecular weight excluding hydrogens is 412 g/mol. The van der Waals surface area contributed by atoms with Crippen LogP contribution in [0.3, 0.4) is 0 Å². The molecule has 0 aliphatic carbocycles. The number of para-hydroxylation sites is 4. The van der Waals surface area contributed by atoms with Crippen LogP contribution < -0.4 is 9.47 Å². The largest absolute Gasteiger partial charge is 0.491 e. The summed E-state index contributed by atoms with van der Waals surface area (Å²) in [5.74, 6) is 2.83. The third-order valence-electron chi connectivity index (χ3n) is 5.85. The van der Waals surface area contributed by atoms with Crippen molar-refractivity contribution >= 4 is 11.0 Å². The van der Waals surface area contributed by atoms with Gasteiger partial charge in [0.1, 0.15) is 36.6 Å². The van der Waals surface area contributed by atoms with E-state index in [2.05, 4.69) is 19.9 Å². The molecule has 0 saturated carbocycles. The van der Waals surface area contributed by atoms with Crippen molar-refractivity contribution in [3.63, 3.8) is 0 Å². The van der Waals surface area contributed by atoms with Crippen LogP contribution in [0.15, 0.2) is 66.7 Å². The zero-order valence-corrected chi connectivity index (χ0v) is 19.8. The van der Waals surface area contributed by atoms with Gasteiger partial charge < -0.3 is 19.1 Å². The zero-order valence-electron chi connectivity index (χ0n) is 19.8. The number of fused-ring (bicyclic) bond motifs is 1. The average molecular weight is 445 g/mol. The van der Waals surface area contributed by atoms with Crippen LogP contribution >= 0.6 is 0 Å². The number of hydrogen-bond acceptors (Lipinski definition) is 4. The number of ether oxygens (including phenoxy) is 2. The Morgan fingerprint density at radius 1 is 0.879 bits per heavy atom. The molecule has 0 radical (unpaired) electrons. The Morgan fingerprint density at radius 3 is 2.33 bits per heavy atom. The van der Waals surface area contributed by atoms with E-state index in [1.54, 1.807) is 0 Å². The maximum atomic E-state index is 10.9. The van der Waals surface area contributed by atoms with E-state index in [1.807, 2.05) is 79.1 Å². The topological polar surface area (TPSA) is 56.5 Å². The molecular formula is C28H32N2O3. The molecule has 0 aliphatic rings. The summed E-state index contributed by atoms with van der Waals surface area (Å²) in [6.45, 7) is 9.26. The van der Waals surface area contributed by atoms with E-state index in [-0.39, 0.29) is 6.61 Å². The molecule has 1 heterocycles. The van der Waals surface area contributed by atoms with E-state index in [0.717, 1.165) is 45.0 Å². The molecule has 1 aromatic heterocycles. The highest BCUT2D eigenvalue weighted by Gasteiger charge is 2.17. The molecule has 0 aliphatic heterocycles. The number of aryl methyl sites for hydroxylation is 2. The summed E-state index contributed by atoms with van der Waals surface area (Å²) in [5.41, 5.74) is 5.18. The van der Waals surface area contributed by atoms with Gasteiger partial charge >= 0.3 is 0 Å². The number of aliphatic hydroxyl groups is 1. The molecule has 3 aromatic carbocycles. The molecule has 0 saturated heterocycles. The third-order valence-corrected chi connectivity index (χ3v) is 5.85. The van der Waals surface area contributed by atoms with Crippen LogP contribution in [0, 0.1) is 13.8 Å². The molecule has 0 spiro atoms. The fourth-order valence-corrected chi connectivity index (χ4v) is 4.14. The molecule has 5 nitrogen and oxygen atoms in total. The second-order valence-corrected chi connectivity index (χ2v) is 8.79. The van der Waals surface area contributed by atoms with Crippen LogP contribution in [0.25, 0.3) is 11.0 Å². The highest BCUT2D eigenvalue weighted by molar-refractivity contribution is 5.75. The normalized spacial score (nSPS) is 12.3. The molecule has 5 heteroatoms. The van der Waals surface area contributed by atoms with Crippen LogP contribution in [0.1, 0.15) is 42.3 Å². The summed E-state index contributed by atoms with van der Waals surface area (Å²) in [5, 5.41) is 10.9. The summed E-state index contributed by atoms with van der Waals surface area (Å²) in [4.78, 5) is 4.78. The summed E-state index contributed by atoms with van der Waals surface area (Å²) < 4.78 is 14.2. The summed E-state index contributed by atoms with van der Waals surface area (Å²) in [6, 6.07) is 22.1. The van der Waals surface area contributed by atoms with E-state index >= 15 is 0 Å². The average Bonchev–Trinajstić information content (AvgIpc) is 3.14. The van der Waals surface area contributed by atoms with Crippen LogP contribution in [0.2, 0.25) is 0 Å². The molecule has 0 fully saturated rings. The first-order chi connectivity index (χ1) is 15.9. The number of rotatable bonds is 9. The van der Waals surface area contributed by atoms with Crippen LogP contribution in [-0.2, 0) is 13.2 Å². The molecule has 1 atom stereocenters. The van der Waals surface area contributed by atoms with Gasteiger partial charge in [0.2, 0.25) is 0 Å². The Labute approximate surface area is 195 Å². The van der Waals surface area contributed by atoms with E-state index in [9.17, 15) is 5.11 Å². The first-order valence-corrected chi connectivity index (χ1v) is 11.5. The van der Waals surface area contributed by atoms with Crippen LogP contribution in [0.5, 0.6) is 11.5 Å². The quantitative estimate of drug-likeness (QED) is 0.355. The fraction of sp³-hybridized carbons (Fsp3) is 0.321. The van der Waals surface area contributed by atoms with Crippen molar-refractivity contribution in [2.75, 3.05) is 6.61 Å². The van der Waals surface area contributed by atoms with E-state index in [0.29, 0.717) is 19.1 Å². The molecule has 4 aromatic rings. The fourth-order valence-electron chi connectivity index (χ4n) is 4.14. The first-order valence-electron chi connectivity index (χ1n) is 11.5. The van der Waals surface area contributed by atoms with Gasteiger partial charge in [-0.1, -0.05) is 62.4 Å². The number of aliphatic hydroxyl groups excluding tert-OH is 1. The molecule has 172 valence electrons. The van der Waals surface area contributed by atoms with Gasteiger partial charge in [-0.25, -0.2) is 4.98 Å². The van der Waals surface area contributed by atoms with Gasteiger partial charge in [0.15, 0.2) is 0 Å². The smallest absolute Gasteiger partial charge is 0.148 e. The predicted octanol–water partition coefficient (Wildman–Crippen LogP) is 5.80. The SMILES string of the molecule is Cc1cccc(C)c1OCc1nc2ccccc2n1CC(O)COc1ccccc1C(C)C. The standard InChI is InChI=1S/C28H32N2O3/c1-19(2)23-12-5-8-15-26(23)32-17-22(31)16-30-25-14-7-6-13-24(25)29-27(30)18-33-28-20(3)10-9-11-21(28)4/h5-15,19,22,31H,16-18H2,1-4H3. The number of aromatic nitrogens is 2. The maximum Gasteiger partial charge on any atom is 0.148 e. The van der Waals surface area contributed by atoms with Gasteiger partial charge in [-0.15, -0.1) is 0 Å². The molecule has 0 bridgehead atoms. The van der Waals surface area contributed by atoms with Crippen molar-refractivity contribution in [1.29, 1.82) is 0 Å². The van der Waals surface area contributed by atoms with Gasteiger partial charge in [-0.2, -0.15) is 0 Å². The molecule has 4 rings (SSSR count). The summed E-state index contributed by atoms with van der Waals surface area (Å²) >= 11 is 0. The molecule has 1 unspecified atom stereocenters. The van der Waals surface area contributed by atoms with Crippen molar-refractivity contribution in [2.24, 2.45) is 0 Å². The molecule has 33 heavy (non-hydrogen) atoms. The second kappa shape index (κ2) is 10.1. The van der Waals surface area contributed by atoms with Crippen molar-refractivity contribution in [2.45, 2.75) is 52.9 Å². The van der Waals surface area contributed by atoms with Crippen molar-refractivity contribution in [1.82, 2.24) is 9.55 Å². The third kappa shape index (κ3) is 5.20. The number of nitrogens with zero attached hydrogens (tertiary/aromatic N) is 2. The minimum absolute atomic E-state index is 0.202. The summed E-state index contributed by atoms with van der Waals surface area (Å²) in [6.07, 6.45) is -0.693. The lowest BCUT2D eigenvalue weighted by Gasteiger charge is -2.18. The first kappa shape index (κ1) is 22.9. The minimum Gasteiger partial charge on any atom is -0.491 e. The van der Waals surface area contributed by atoms with Gasteiger partial charge in [-0.05, 0) is 54.7 Å². The monoisotopic (exact) mass is 444 g/mol. The van der Waals surface area contributed by atoms with Crippen molar-refractivity contribution in [3.8, 4) is 11.5 Å². The van der Waals surface area contributed by atoms with Crippen molar-refractivity contribution in [3.05, 3.63) is 89.2 Å². The Balaban J connectivity index is 1.52. The number of imidazole rings is 1. The predicted molar refractivity (Wildman–Crippen MR) is 132 cm³/mol.